The lowest BCUT2D eigenvalue weighted by Gasteiger charge is -2.40. The van der Waals surface area contributed by atoms with Crippen LogP contribution in [0.4, 0.5) is 26.1 Å². The van der Waals surface area contributed by atoms with Gasteiger partial charge in [-0.25, -0.2) is 29.1 Å². The first-order valence-electron chi connectivity index (χ1n) is 17.3. The van der Waals surface area contributed by atoms with Crippen LogP contribution >= 0.6 is 11.3 Å². The van der Waals surface area contributed by atoms with Gasteiger partial charge in [0.15, 0.2) is 5.13 Å². The quantitative estimate of drug-likeness (QED) is 0.222. The fourth-order valence-electron chi connectivity index (χ4n) is 6.52. The lowest BCUT2D eigenvalue weighted by Crippen LogP contribution is -2.62. The number of ether oxygens (including phenoxy) is 1. The Kier molecular flexibility index (Phi) is 9.47. The molecule has 1 aromatic carbocycles. The van der Waals surface area contributed by atoms with Gasteiger partial charge in [-0.3, -0.25) is 14.1 Å². The monoisotopic (exact) mass is 738 g/mol. The van der Waals surface area contributed by atoms with E-state index in [1.54, 1.807) is 45.3 Å². The average molecular weight is 739 g/mol. The number of aryl methyl sites for hydroxylation is 1. The molecule has 2 N–H and O–H groups in total. The summed E-state index contributed by atoms with van der Waals surface area (Å²) in [5.41, 5.74) is 3.70. The molecule has 2 fully saturated rings. The number of thiazole rings is 1. The first-order valence-corrected chi connectivity index (χ1v) is 18.1. The highest BCUT2D eigenvalue weighted by Crippen LogP contribution is 2.37. The molecule has 7 rings (SSSR count). The number of hydrogen-bond acceptors (Lipinski definition) is 12. The summed E-state index contributed by atoms with van der Waals surface area (Å²) in [6, 6.07) is 11.1. The first-order chi connectivity index (χ1) is 25.3. The Morgan fingerprint density at radius 3 is 2.43 bits per heavy atom. The van der Waals surface area contributed by atoms with Crippen molar-refractivity contribution in [2.45, 2.75) is 64.3 Å². The van der Waals surface area contributed by atoms with Gasteiger partial charge >= 0.3 is 6.09 Å². The van der Waals surface area contributed by atoms with Crippen molar-refractivity contribution in [3.05, 3.63) is 71.4 Å². The number of aliphatic hydroxyl groups is 1. The number of amides is 2. The molecule has 53 heavy (non-hydrogen) atoms. The predicted octanol–water partition coefficient (Wildman–Crippen LogP) is 4.93. The Balaban J connectivity index is 1.04. The van der Waals surface area contributed by atoms with Crippen LogP contribution in [0.15, 0.2) is 55.0 Å². The molecule has 0 unspecified atom stereocenters. The molecule has 2 amide bonds. The summed E-state index contributed by atoms with van der Waals surface area (Å²) in [5, 5.41) is 23.7. The molecule has 0 spiro atoms. The average Bonchev–Trinajstić information content (AvgIpc) is 3.83. The number of carbonyl (C=O) groups excluding carboxylic acids is 2. The fourth-order valence-corrected chi connectivity index (χ4v) is 7.36. The van der Waals surface area contributed by atoms with E-state index >= 15 is 0 Å². The number of hydrogen-bond donors (Lipinski definition) is 2. The van der Waals surface area contributed by atoms with Crippen LogP contribution in [0.5, 0.6) is 0 Å². The lowest BCUT2D eigenvalue weighted by molar-refractivity contribution is -0.126. The van der Waals surface area contributed by atoms with Crippen LogP contribution in [0.25, 0.3) is 28.0 Å². The van der Waals surface area contributed by atoms with Crippen molar-refractivity contribution >= 4 is 45.9 Å². The zero-order valence-corrected chi connectivity index (χ0v) is 30.8. The molecule has 6 heterocycles. The third kappa shape index (κ3) is 7.22. The van der Waals surface area contributed by atoms with E-state index < -0.39 is 23.8 Å². The van der Waals surface area contributed by atoms with E-state index in [0.717, 1.165) is 28.3 Å². The standard InChI is InChI=1S/C37H39FN10O4S/c1-6-27-33(45(5)35-44-31(29(14-39)53-35)21-7-10-24(38)11-8-21)48-17-22(9-12-30(48)43-27)23-15-40-34(41-16-23)46-18-25(19-46)42-32(50)28-13-26(49)20-47(28)36(51)52-37(2,3)4/h7-12,15-17,25-26,28,49H,6,13,18-20H2,1-5H3,(H,42,50)/t26-,28-/m0/s1. The number of nitrogens with one attached hydrogen (secondary N) is 1. The number of likely N-dealkylation sites (tertiary alicyclic amines) is 1. The van der Waals surface area contributed by atoms with Crippen molar-refractivity contribution in [2.75, 3.05) is 36.5 Å². The van der Waals surface area contributed by atoms with E-state index in [-0.39, 0.29) is 30.7 Å². The molecule has 0 radical (unpaired) electrons. The maximum absolute atomic E-state index is 13.6. The number of nitrogens with zero attached hydrogens (tertiary/aromatic N) is 9. The second-order valence-corrected chi connectivity index (χ2v) is 15.1. The molecule has 4 aromatic heterocycles. The summed E-state index contributed by atoms with van der Waals surface area (Å²) in [6.07, 6.45) is 4.88. The summed E-state index contributed by atoms with van der Waals surface area (Å²) in [4.78, 5) is 50.3. The molecule has 2 saturated heterocycles. The number of rotatable bonds is 8. The van der Waals surface area contributed by atoms with Crippen LogP contribution in [0.1, 0.15) is 44.7 Å². The molecule has 0 aliphatic carbocycles. The molecule has 0 bridgehead atoms. The van der Waals surface area contributed by atoms with Gasteiger partial charge in [0, 0.05) is 61.8 Å². The van der Waals surface area contributed by atoms with Crippen molar-refractivity contribution in [1.82, 2.24) is 34.6 Å². The summed E-state index contributed by atoms with van der Waals surface area (Å²) in [7, 11) is 1.89. The van der Waals surface area contributed by atoms with Gasteiger partial charge in [0.1, 0.15) is 45.6 Å². The van der Waals surface area contributed by atoms with Crippen LogP contribution in [0.2, 0.25) is 0 Å². The Bertz CT molecular complexity index is 2200. The van der Waals surface area contributed by atoms with Gasteiger partial charge in [0.25, 0.3) is 0 Å². The zero-order valence-electron chi connectivity index (χ0n) is 29.9. The Hall–Kier alpha value is -5.66. The summed E-state index contributed by atoms with van der Waals surface area (Å²) >= 11 is 1.26. The number of anilines is 3. The second kappa shape index (κ2) is 14.1. The fraction of sp³-hybridized carbons (Fsp3) is 0.378. The molecule has 0 saturated carbocycles. The van der Waals surface area contributed by atoms with Crippen molar-refractivity contribution in [2.24, 2.45) is 0 Å². The number of fused-ring (bicyclic) bond motifs is 1. The highest BCUT2D eigenvalue weighted by molar-refractivity contribution is 7.16. The molecular formula is C37H39FN10O4S. The van der Waals surface area contributed by atoms with E-state index in [2.05, 4.69) is 21.4 Å². The normalized spacial score (nSPS) is 17.5. The maximum Gasteiger partial charge on any atom is 0.411 e. The van der Waals surface area contributed by atoms with Crippen molar-refractivity contribution < 1.29 is 23.8 Å². The van der Waals surface area contributed by atoms with E-state index in [9.17, 15) is 24.3 Å². The maximum atomic E-state index is 13.6. The number of aliphatic hydroxyl groups excluding tert-OH is 1. The van der Waals surface area contributed by atoms with Crippen LogP contribution in [0.3, 0.4) is 0 Å². The number of benzene rings is 1. The van der Waals surface area contributed by atoms with Crippen LogP contribution in [-0.4, -0.2) is 96.8 Å². The molecular weight excluding hydrogens is 700 g/mol. The highest BCUT2D eigenvalue weighted by Gasteiger charge is 2.42. The minimum absolute atomic E-state index is 0.0459. The third-order valence-corrected chi connectivity index (χ3v) is 10.2. The Morgan fingerprint density at radius 2 is 1.77 bits per heavy atom. The van der Waals surface area contributed by atoms with Crippen LogP contribution in [0, 0.1) is 17.1 Å². The Labute approximate surface area is 309 Å². The van der Waals surface area contributed by atoms with Gasteiger partial charge in [0.05, 0.1) is 24.4 Å². The van der Waals surface area contributed by atoms with E-state index in [1.807, 2.05) is 46.5 Å². The van der Waals surface area contributed by atoms with Gasteiger partial charge in [0.2, 0.25) is 11.9 Å². The van der Waals surface area contributed by atoms with Crippen molar-refractivity contribution in [3.8, 4) is 28.5 Å². The van der Waals surface area contributed by atoms with Gasteiger partial charge in [-0.1, -0.05) is 18.3 Å². The molecule has 2 aliphatic heterocycles. The smallest absolute Gasteiger partial charge is 0.411 e. The highest BCUT2D eigenvalue weighted by atomic mass is 32.1. The number of nitriles is 1. The molecule has 2 atom stereocenters. The summed E-state index contributed by atoms with van der Waals surface area (Å²) in [5.74, 6) is 0.646. The van der Waals surface area contributed by atoms with Gasteiger partial charge in [-0.05, 0) is 63.6 Å². The van der Waals surface area contributed by atoms with Crippen molar-refractivity contribution in [3.63, 3.8) is 0 Å². The number of aromatic nitrogens is 5. The van der Waals surface area contributed by atoms with Crippen molar-refractivity contribution in [1.29, 1.82) is 5.26 Å². The molecule has 2 aliphatic rings. The largest absolute Gasteiger partial charge is 0.444 e. The minimum Gasteiger partial charge on any atom is -0.444 e. The van der Waals surface area contributed by atoms with E-state index in [4.69, 9.17) is 14.7 Å². The third-order valence-electron chi connectivity index (χ3n) is 9.13. The first kappa shape index (κ1) is 35.7. The number of pyridine rings is 1. The summed E-state index contributed by atoms with van der Waals surface area (Å²) < 4.78 is 21.0. The topological polar surface area (TPSA) is 165 Å². The van der Waals surface area contributed by atoms with Gasteiger partial charge in [-0.15, -0.1) is 0 Å². The minimum atomic E-state index is -0.804. The summed E-state index contributed by atoms with van der Waals surface area (Å²) in [6.45, 7) is 8.34. The SMILES string of the molecule is CCc1nc2ccc(-c3cnc(N4CC(NC(=O)[C@@H]5C[C@H](O)CN5C(=O)OC(C)(C)C)C4)nc3)cn2c1N(C)c1nc(-c2ccc(F)cc2)c(C#N)s1. The second-order valence-electron chi connectivity index (χ2n) is 14.2. The zero-order chi connectivity index (χ0) is 37.6. The van der Waals surface area contributed by atoms with Gasteiger partial charge in [-0.2, -0.15) is 5.26 Å². The number of halogens is 1. The van der Waals surface area contributed by atoms with E-state index in [1.165, 1.54) is 28.4 Å². The number of β-amino-alcohol motifs (C(OH)–C–C–N with tert-alkyl or cyclic N) is 1. The molecule has 5 aromatic rings. The van der Waals surface area contributed by atoms with Gasteiger partial charge < -0.3 is 25.0 Å². The number of imidazole rings is 1. The van der Waals surface area contributed by atoms with Crippen LogP contribution < -0.4 is 15.1 Å². The lowest BCUT2D eigenvalue weighted by atomic mass is 10.1. The molecule has 16 heteroatoms. The van der Waals surface area contributed by atoms with E-state index in [0.29, 0.717) is 46.7 Å². The molecule has 14 nitrogen and oxygen atoms in total. The predicted molar refractivity (Wildman–Crippen MR) is 197 cm³/mol. The number of carbonyl (C=O) groups is 2. The Morgan fingerprint density at radius 1 is 1.08 bits per heavy atom. The molecule has 274 valence electrons. The van der Waals surface area contributed by atoms with Crippen LogP contribution in [-0.2, 0) is 16.0 Å².